The van der Waals surface area contributed by atoms with Gasteiger partial charge in [0.25, 0.3) is 0 Å². The van der Waals surface area contributed by atoms with Crippen molar-refractivity contribution in [3.05, 3.63) is 0 Å². The molecule has 2 saturated heterocycles. The lowest BCUT2D eigenvalue weighted by molar-refractivity contribution is -0.0913. The van der Waals surface area contributed by atoms with Gasteiger partial charge < -0.3 is 14.4 Å². The Morgan fingerprint density at radius 3 is 2.76 bits per heavy atom. The van der Waals surface area contributed by atoms with Crippen molar-refractivity contribution in [1.82, 2.24) is 9.80 Å². The number of alkyl halides is 1. The predicted octanol–water partition coefficient (Wildman–Crippen LogP) is 0.801. The highest BCUT2D eigenvalue weighted by atomic mass is 79.9. The fraction of sp³-hybridized carbons (Fsp3) is 1.00. The molecule has 0 bridgehead atoms. The topological polar surface area (TPSA) is 24.9 Å². The fourth-order valence-corrected chi connectivity index (χ4v) is 3.00. The highest BCUT2D eigenvalue weighted by Gasteiger charge is 2.27. The van der Waals surface area contributed by atoms with Crippen molar-refractivity contribution < 1.29 is 9.47 Å². The van der Waals surface area contributed by atoms with Crippen LogP contribution >= 0.6 is 15.9 Å². The van der Waals surface area contributed by atoms with Crippen LogP contribution in [0.5, 0.6) is 0 Å². The van der Waals surface area contributed by atoms with Crippen molar-refractivity contribution in [3.8, 4) is 0 Å². The van der Waals surface area contributed by atoms with Crippen LogP contribution in [0.15, 0.2) is 0 Å². The molecule has 2 rings (SSSR count). The molecule has 100 valence electrons. The van der Waals surface area contributed by atoms with Gasteiger partial charge in [-0.15, -0.1) is 0 Å². The summed E-state index contributed by atoms with van der Waals surface area (Å²) in [7, 11) is 2.17. The second-order valence-electron chi connectivity index (χ2n) is 5.20. The molecule has 2 aliphatic rings. The minimum absolute atomic E-state index is 0.320. The van der Waals surface area contributed by atoms with E-state index in [1.807, 2.05) is 0 Å². The molecule has 0 saturated carbocycles. The molecule has 0 aromatic carbocycles. The first kappa shape index (κ1) is 13.7. The van der Waals surface area contributed by atoms with Crippen LogP contribution in [0.1, 0.15) is 6.92 Å². The van der Waals surface area contributed by atoms with E-state index in [1.165, 1.54) is 0 Å². The molecule has 0 aliphatic carbocycles. The van der Waals surface area contributed by atoms with E-state index in [-0.39, 0.29) is 0 Å². The SMILES string of the molecule is CC1CN(CC2CN(C)CCO2)CC(CBr)O1. The second-order valence-corrected chi connectivity index (χ2v) is 5.84. The summed E-state index contributed by atoms with van der Waals surface area (Å²) in [6.07, 6.45) is 1.00. The lowest BCUT2D eigenvalue weighted by Crippen LogP contribution is -2.52. The largest absolute Gasteiger partial charge is 0.374 e. The van der Waals surface area contributed by atoms with Crippen LogP contribution in [0.25, 0.3) is 0 Å². The maximum absolute atomic E-state index is 5.84. The average Bonchev–Trinajstić information content (AvgIpc) is 2.28. The molecule has 17 heavy (non-hydrogen) atoms. The average molecular weight is 307 g/mol. The second kappa shape index (κ2) is 6.48. The molecule has 0 aromatic heterocycles. The zero-order valence-electron chi connectivity index (χ0n) is 10.8. The van der Waals surface area contributed by atoms with Crippen LogP contribution in [-0.4, -0.2) is 79.8 Å². The number of morpholine rings is 2. The van der Waals surface area contributed by atoms with Gasteiger partial charge >= 0.3 is 0 Å². The molecule has 0 radical (unpaired) electrons. The van der Waals surface area contributed by atoms with Gasteiger partial charge in [0.15, 0.2) is 0 Å². The van der Waals surface area contributed by atoms with Gasteiger partial charge in [-0.1, -0.05) is 15.9 Å². The van der Waals surface area contributed by atoms with Crippen LogP contribution in [0.2, 0.25) is 0 Å². The van der Waals surface area contributed by atoms with Crippen molar-refractivity contribution in [2.45, 2.75) is 25.2 Å². The van der Waals surface area contributed by atoms with Gasteiger partial charge in [0.2, 0.25) is 0 Å². The molecule has 2 fully saturated rings. The van der Waals surface area contributed by atoms with Gasteiger partial charge in [0.05, 0.1) is 24.9 Å². The van der Waals surface area contributed by atoms with Crippen LogP contribution < -0.4 is 0 Å². The van der Waals surface area contributed by atoms with Gasteiger partial charge in [-0.25, -0.2) is 0 Å². The summed E-state index contributed by atoms with van der Waals surface area (Å²) >= 11 is 3.51. The minimum Gasteiger partial charge on any atom is -0.374 e. The first-order valence-electron chi connectivity index (χ1n) is 6.41. The van der Waals surface area contributed by atoms with E-state index in [2.05, 4.69) is 39.7 Å². The van der Waals surface area contributed by atoms with Crippen molar-refractivity contribution in [2.75, 3.05) is 51.7 Å². The van der Waals surface area contributed by atoms with Gasteiger partial charge in [-0.3, -0.25) is 4.90 Å². The number of hydrogen-bond donors (Lipinski definition) is 0. The Morgan fingerprint density at radius 1 is 1.24 bits per heavy atom. The number of likely N-dealkylation sites (N-methyl/N-ethyl adjacent to an activating group) is 1. The molecule has 3 unspecified atom stereocenters. The number of halogens is 1. The van der Waals surface area contributed by atoms with Crippen molar-refractivity contribution in [2.24, 2.45) is 0 Å². The zero-order chi connectivity index (χ0) is 12.3. The van der Waals surface area contributed by atoms with Crippen molar-refractivity contribution >= 4 is 15.9 Å². The van der Waals surface area contributed by atoms with Gasteiger partial charge in [0, 0.05) is 38.1 Å². The van der Waals surface area contributed by atoms with Crippen LogP contribution in [0.3, 0.4) is 0 Å². The first-order chi connectivity index (χ1) is 8.17. The molecule has 0 amide bonds. The van der Waals surface area contributed by atoms with E-state index < -0.39 is 0 Å². The van der Waals surface area contributed by atoms with Crippen molar-refractivity contribution in [1.29, 1.82) is 0 Å². The molecular formula is C12H23BrN2O2. The molecule has 0 N–H and O–H groups in total. The number of ether oxygens (including phenoxy) is 2. The van der Waals surface area contributed by atoms with E-state index in [1.54, 1.807) is 0 Å². The third-order valence-corrected chi connectivity index (χ3v) is 4.10. The van der Waals surface area contributed by atoms with E-state index >= 15 is 0 Å². The Bertz CT molecular complexity index is 243. The van der Waals surface area contributed by atoms with E-state index in [0.29, 0.717) is 18.3 Å². The molecule has 0 aromatic rings. The molecule has 4 nitrogen and oxygen atoms in total. The maximum atomic E-state index is 5.84. The highest BCUT2D eigenvalue weighted by Crippen LogP contribution is 2.15. The molecule has 2 aliphatic heterocycles. The zero-order valence-corrected chi connectivity index (χ0v) is 12.4. The van der Waals surface area contributed by atoms with E-state index in [4.69, 9.17) is 9.47 Å². The molecular weight excluding hydrogens is 284 g/mol. The quantitative estimate of drug-likeness (QED) is 0.720. The van der Waals surface area contributed by atoms with Gasteiger partial charge in [-0.05, 0) is 14.0 Å². The first-order valence-corrected chi connectivity index (χ1v) is 7.53. The molecule has 2 heterocycles. The monoisotopic (exact) mass is 306 g/mol. The van der Waals surface area contributed by atoms with E-state index in [9.17, 15) is 0 Å². The lowest BCUT2D eigenvalue weighted by Gasteiger charge is -2.39. The Hall–Kier alpha value is 0.320. The highest BCUT2D eigenvalue weighted by molar-refractivity contribution is 9.09. The predicted molar refractivity (Wildman–Crippen MR) is 71.8 cm³/mol. The van der Waals surface area contributed by atoms with Crippen LogP contribution in [-0.2, 0) is 9.47 Å². The summed E-state index contributed by atoms with van der Waals surface area (Å²) < 4.78 is 11.7. The number of nitrogens with zero attached hydrogens (tertiary/aromatic N) is 2. The summed E-state index contributed by atoms with van der Waals surface area (Å²) in [4.78, 5) is 4.82. The lowest BCUT2D eigenvalue weighted by atomic mass is 10.2. The normalized spacial score (nSPS) is 37.2. The third kappa shape index (κ3) is 4.17. The number of rotatable bonds is 3. The van der Waals surface area contributed by atoms with Gasteiger partial charge in [0.1, 0.15) is 0 Å². The van der Waals surface area contributed by atoms with E-state index in [0.717, 1.165) is 44.7 Å². The third-order valence-electron chi connectivity index (χ3n) is 3.38. The van der Waals surface area contributed by atoms with Gasteiger partial charge in [-0.2, -0.15) is 0 Å². The number of hydrogen-bond acceptors (Lipinski definition) is 4. The smallest absolute Gasteiger partial charge is 0.0829 e. The Kier molecular flexibility index (Phi) is 5.24. The maximum Gasteiger partial charge on any atom is 0.0829 e. The molecule has 3 atom stereocenters. The van der Waals surface area contributed by atoms with Crippen LogP contribution in [0, 0.1) is 0 Å². The summed E-state index contributed by atoms with van der Waals surface area (Å²) in [5.74, 6) is 0. The van der Waals surface area contributed by atoms with Crippen LogP contribution in [0.4, 0.5) is 0 Å². The molecule has 0 spiro atoms. The fourth-order valence-electron chi connectivity index (χ4n) is 2.64. The summed E-state index contributed by atoms with van der Waals surface area (Å²) in [5.41, 5.74) is 0. The van der Waals surface area contributed by atoms with Crippen molar-refractivity contribution in [3.63, 3.8) is 0 Å². The Morgan fingerprint density at radius 2 is 2.06 bits per heavy atom. The summed E-state index contributed by atoms with van der Waals surface area (Å²) in [6.45, 7) is 8.18. The standard InChI is InChI=1S/C12H23BrN2O2/c1-10-6-15(8-11(5-13)17-10)9-12-7-14(2)3-4-16-12/h10-12H,3-9H2,1-2H3. The molecule has 5 heteroatoms. The Balaban J connectivity index is 1.80. The Labute approximate surface area is 112 Å². The minimum atomic E-state index is 0.320. The summed E-state index contributed by atoms with van der Waals surface area (Å²) in [6, 6.07) is 0. The summed E-state index contributed by atoms with van der Waals surface area (Å²) in [5, 5.41) is 0.916.